The number of aromatic nitrogens is 4. The summed E-state index contributed by atoms with van der Waals surface area (Å²) >= 11 is 0. The number of likely N-dealkylation sites (N-methyl/N-ethyl adjacent to an activating group) is 1. The summed E-state index contributed by atoms with van der Waals surface area (Å²) in [5, 5.41) is 18.0. The molecule has 1 aliphatic rings. The Morgan fingerprint density at radius 1 is 1.23 bits per heavy atom. The number of benzene rings is 2. The number of amides is 1. The molecule has 1 saturated heterocycles. The zero-order chi connectivity index (χ0) is 31.6. The van der Waals surface area contributed by atoms with E-state index in [0.29, 0.717) is 30.5 Å². The van der Waals surface area contributed by atoms with E-state index in [0.717, 1.165) is 18.6 Å². The lowest BCUT2D eigenvalue weighted by atomic mass is 10.0. The number of nitriles is 1. The molecule has 3 heterocycles. The number of halogens is 3. The van der Waals surface area contributed by atoms with Crippen LogP contribution >= 0.6 is 0 Å². The fourth-order valence-corrected chi connectivity index (χ4v) is 5.44. The summed E-state index contributed by atoms with van der Waals surface area (Å²) in [4.78, 5) is 23.5. The van der Waals surface area contributed by atoms with Gasteiger partial charge in [-0.1, -0.05) is 13.0 Å². The maximum Gasteiger partial charge on any atom is 0.264 e. The van der Waals surface area contributed by atoms with Crippen LogP contribution in [0, 0.1) is 28.8 Å². The average molecular weight is 605 g/mol. The van der Waals surface area contributed by atoms with Crippen LogP contribution in [0.1, 0.15) is 33.6 Å². The summed E-state index contributed by atoms with van der Waals surface area (Å²) in [6, 6.07) is 9.02. The SMILES string of the molecule is CCNC(C)(C)C=C(C#N)C(=O)N1CCCC1Cn1nc(-c2ccc(Oc3cccc(F)c3F)cc2F)c2c(N)ncnc21. The first-order valence-electron chi connectivity index (χ1n) is 14.1. The molecule has 4 aromatic rings. The summed E-state index contributed by atoms with van der Waals surface area (Å²) in [6.45, 7) is 7.08. The van der Waals surface area contributed by atoms with Gasteiger partial charge in [-0.05, 0) is 63.6 Å². The van der Waals surface area contributed by atoms with Crippen LogP contribution < -0.4 is 15.8 Å². The second kappa shape index (κ2) is 12.3. The highest BCUT2D eigenvalue weighted by Gasteiger charge is 2.33. The highest BCUT2D eigenvalue weighted by atomic mass is 19.2. The lowest BCUT2D eigenvalue weighted by Gasteiger charge is -2.26. The van der Waals surface area contributed by atoms with Gasteiger partial charge in [0.1, 0.15) is 41.0 Å². The van der Waals surface area contributed by atoms with Gasteiger partial charge < -0.3 is 20.7 Å². The number of hydrogen-bond donors (Lipinski definition) is 2. The van der Waals surface area contributed by atoms with Crippen LogP contribution in [-0.2, 0) is 11.3 Å². The van der Waals surface area contributed by atoms with E-state index in [-0.39, 0.29) is 52.6 Å². The van der Waals surface area contributed by atoms with Crippen LogP contribution in [0.3, 0.4) is 0 Å². The Morgan fingerprint density at radius 2 is 2.02 bits per heavy atom. The van der Waals surface area contributed by atoms with Crippen molar-refractivity contribution >= 4 is 22.8 Å². The van der Waals surface area contributed by atoms with E-state index in [2.05, 4.69) is 26.5 Å². The maximum atomic E-state index is 15.5. The molecule has 0 saturated carbocycles. The fraction of sp³-hybridized carbons (Fsp3) is 0.323. The first-order chi connectivity index (χ1) is 21.0. The van der Waals surface area contributed by atoms with Gasteiger partial charge >= 0.3 is 0 Å². The molecule has 3 N–H and O–H groups in total. The van der Waals surface area contributed by atoms with Gasteiger partial charge in [-0.3, -0.25) is 4.79 Å². The quantitative estimate of drug-likeness (QED) is 0.199. The number of nitrogens with zero attached hydrogens (tertiary/aromatic N) is 6. The minimum absolute atomic E-state index is 0.0444. The molecule has 44 heavy (non-hydrogen) atoms. The van der Waals surface area contributed by atoms with E-state index in [9.17, 15) is 18.8 Å². The van der Waals surface area contributed by atoms with Gasteiger partial charge in [0.2, 0.25) is 5.82 Å². The number of hydrogen-bond acceptors (Lipinski definition) is 8. The number of ether oxygens (including phenoxy) is 1. The van der Waals surface area contributed by atoms with Crippen molar-refractivity contribution in [1.82, 2.24) is 30.0 Å². The lowest BCUT2D eigenvalue weighted by Crippen LogP contribution is -2.41. The van der Waals surface area contributed by atoms with Crippen molar-refractivity contribution in [3.8, 4) is 28.8 Å². The molecule has 1 atom stereocenters. The van der Waals surface area contributed by atoms with Crippen molar-refractivity contribution in [2.45, 2.75) is 51.7 Å². The largest absolute Gasteiger partial charge is 0.454 e. The number of likely N-dealkylation sites (tertiary alicyclic amines) is 1. The number of carbonyl (C=O) groups excluding carboxylic acids is 1. The van der Waals surface area contributed by atoms with E-state index in [1.807, 2.05) is 20.8 Å². The van der Waals surface area contributed by atoms with Gasteiger partial charge in [-0.2, -0.15) is 14.8 Å². The highest BCUT2D eigenvalue weighted by Crippen LogP contribution is 2.35. The molecular weight excluding hydrogens is 573 g/mol. The van der Waals surface area contributed by atoms with E-state index in [1.54, 1.807) is 15.7 Å². The van der Waals surface area contributed by atoms with Crippen LogP contribution in [0.15, 0.2) is 54.4 Å². The monoisotopic (exact) mass is 604 g/mol. The predicted molar refractivity (Wildman–Crippen MR) is 158 cm³/mol. The van der Waals surface area contributed by atoms with E-state index in [4.69, 9.17) is 10.5 Å². The number of carbonyl (C=O) groups is 1. The molecule has 2 aromatic carbocycles. The van der Waals surface area contributed by atoms with Crippen LogP contribution in [0.25, 0.3) is 22.3 Å². The van der Waals surface area contributed by atoms with E-state index >= 15 is 4.39 Å². The first kappa shape index (κ1) is 30.5. The third-order valence-electron chi connectivity index (χ3n) is 7.41. The number of nitrogens with two attached hydrogens (primary N) is 1. The summed E-state index contributed by atoms with van der Waals surface area (Å²) in [5.41, 5.74) is 6.26. The van der Waals surface area contributed by atoms with Crippen molar-refractivity contribution in [1.29, 1.82) is 5.26 Å². The molecule has 1 unspecified atom stereocenters. The summed E-state index contributed by atoms with van der Waals surface area (Å²) in [5.74, 6) is -3.77. The molecule has 0 radical (unpaired) electrons. The summed E-state index contributed by atoms with van der Waals surface area (Å²) < 4.78 is 50.1. The third-order valence-corrected chi connectivity index (χ3v) is 7.41. The Balaban J connectivity index is 1.46. The first-order valence-corrected chi connectivity index (χ1v) is 14.1. The van der Waals surface area contributed by atoms with Gasteiger partial charge in [0, 0.05) is 23.7 Å². The lowest BCUT2D eigenvalue weighted by molar-refractivity contribution is -0.127. The molecule has 10 nitrogen and oxygen atoms in total. The zero-order valence-electron chi connectivity index (χ0n) is 24.4. The summed E-state index contributed by atoms with van der Waals surface area (Å²) in [6.07, 6.45) is 4.31. The molecule has 1 aliphatic heterocycles. The molecule has 5 rings (SSSR count). The van der Waals surface area contributed by atoms with Crippen molar-refractivity contribution in [2.75, 3.05) is 18.8 Å². The second-order valence-electron chi connectivity index (χ2n) is 11.0. The van der Waals surface area contributed by atoms with Gasteiger partial charge in [0.25, 0.3) is 5.91 Å². The number of fused-ring (bicyclic) bond motifs is 1. The van der Waals surface area contributed by atoms with Crippen LogP contribution in [0.2, 0.25) is 0 Å². The average Bonchev–Trinajstić information content (AvgIpc) is 3.59. The Kier molecular flexibility index (Phi) is 8.55. The molecule has 13 heteroatoms. The van der Waals surface area contributed by atoms with Gasteiger partial charge in [-0.15, -0.1) is 0 Å². The fourth-order valence-electron chi connectivity index (χ4n) is 5.44. The van der Waals surface area contributed by atoms with Crippen LogP contribution in [0.4, 0.5) is 19.0 Å². The Labute approximate surface area is 252 Å². The molecule has 0 spiro atoms. The van der Waals surface area contributed by atoms with Crippen molar-refractivity contribution in [2.24, 2.45) is 0 Å². The van der Waals surface area contributed by atoms with Crippen LogP contribution in [0.5, 0.6) is 11.5 Å². The predicted octanol–water partition coefficient (Wildman–Crippen LogP) is 5.11. The number of rotatable bonds is 9. The third kappa shape index (κ3) is 6.07. The van der Waals surface area contributed by atoms with Crippen molar-refractivity contribution in [3.05, 3.63) is 71.8 Å². The Morgan fingerprint density at radius 3 is 2.75 bits per heavy atom. The minimum atomic E-state index is -1.19. The minimum Gasteiger partial charge on any atom is -0.454 e. The van der Waals surface area contributed by atoms with E-state index in [1.165, 1.54) is 30.6 Å². The van der Waals surface area contributed by atoms with Crippen LogP contribution in [-0.4, -0.2) is 55.2 Å². The van der Waals surface area contributed by atoms with Crippen molar-refractivity contribution in [3.63, 3.8) is 0 Å². The second-order valence-corrected chi connectivity index (χ2v) is 11.0. The standard InChI is InChI=1S/C31H31F3N8O2/c1-4-39-31(2,3)14-18(15-35)30(43)41-12-6-7-19(41)16-42-29-25(28(36)37-17-38-29)27(40-42)21-11-10-20(13-23(21)33)44-24-9-5-8-22(32)26(24)34/h5,8-11,13-14,17,19,39H,4,6-7,12,16H2,1-3H3,(H2,36,37,38). The summed E-state index contributed by atoms with van der Waals surface area (Å²) in [7, 11) is 0. The number of anilines is 1. The van der Waals surface area contributed by atoms with E-state index < -0.39 is 23.0 Å². The topological polar surface area (TPSA) is 135 Å². The highest BCUT2D eigenvalue weighted by molar-refractivity contribution is 5.99. The molecule has 0 aliphatic carbocycles. The number of nitrogens with one attached hydrogen (secondary N) is 1. The Bertz CT molecular complexity index is 1800. The molecule has 228 valence electrons. The molecule has 1 amide bonds. The molecule has 0 bridgehead atoms. The number of nitrogen functional groups attached to an aromatic ring is 1. The maximum absolute atomic E-state index is 15.5. The van der Waals surface area contributed by atoms with Gasteiger partial charge in [0.15, 0.2) is 17.2 Å². The van der Waals surface area contributed by atoms with Crippen molar-refractivity contribution < 1.29 is 22.7 Å². The van der Waals surface area contributed by atoms with Gasteiger partial charge in [-0.25, -0.2) is 23.4 Å². The zero-order valence-corrected chi connectivity index (χ0v) is 24.4. The molecule has 2 aromatic heterocycles. The smallest absolute Gasteiger partial charge is 0.264 e. The molecular formula is C31H31F3N8O2. The Hall–Kier alpha value is -4.96. The van der Waals surface area contributed by atoms with Gasteiger partial charge in [0.05, 0.1) is 18.0 Å². The normalized spacial score (nSPS) is 15.5. The molecule has 1 fully saturated rings.